The molecule has 1 aliphatic rings. The van der Waals surface area contributed by atoms with Gasteiger partial charge in [-0.15, -0.1) is 0 Å². The molecule has 4 amide bonds. The minimum Gasteiger partial charge on any atom is -0.496 e. The van der Waals surface area contributed by atoms with Gasteiger partial charge in [-0.3, -0.25) is 14.4 Å². The van der Waals surface area contributed by atoms with E-state index in [-0.39, 0.29) is 34.8 Å². The minimum atomic E-state index is -0.537. The molecule has 186 valence electrons. The number of benzene rings is 2. The van der Waals surface area contributed by atoms with E-state index in [4.69, 9.17) is 21.1 Å². The summed E-state index contributed by atoms with van der Waals surface area (Å²) in [5, 5.41) is 5.49. The van der Waals surface area contributed by atoms with Crippen LogP contribution in [0.3, 0.4) is 0 Å². The smallest absolute Gasteiger partial charge is 0.409 e. The molecule has 1 saturated heterocycles. The maximum Gasteiger partial charge on any atom is 0.409 e. The van der Waals surface area contributed by atoms with E-state index in [1.807, 2.05) is 0 Å². The average molecular weight is 503 g/mol. The Morgan fingerprint density at radius 1 is 0.943 bits per heavy atom. The van der Waals surface area contributed by atoms with Crippen molar-refractivity contribution >= 4 is 46.8 Å². The van der Waals surface area contributed by atoms with Crippen LogP contribution in [0.4, 0.5) is 16.2 Å². The molecular formula is C24H27ClN4O6. The van der Waals surface area contributed by atoms with Crippen LogP contribution in [0.2, 0.25) is 5.02 Å². The largest absolute Gasteiger partial charge is 0.496 e. The molecule has 35 heavy (non-hydrogen) atoms. The zero-order chi connectivity index (χ0) is 25.5. The maximum absolute atomic E-state index is 13.2. The third kappa shape index (κ3) is 6.21. The van der Waals surface area contributed by atoms with E-state index in [1.165, 1.54) is 26.2 Å². The Kier molecular flexibility index (Phi) is 8.53. The van der Waals surface area contributed by atoms with Gasteiger partial charge >= 0.3 is 6.09 Å². The second-order valence-electron chi connectivity index (χ2n) is 7.69. The topological polar surface area (TPSA) is 117 Å². The van der Waals surface area contributed by atoms with Gasteiger partial charge in [0.1, 0.15) is 5.75 Å². The molecule has 1 aliphatic heterocycles. The van der Waals surface area contributed by atoms with Gasteiger partial charge in [-0.1, -0.05) is 23.7 Å². The van der Waals surface area contributed by atoms with Crippen LogP contribution in [-0.2, 0) is 9.53 Å². The van der Waals surface area contributed by atoms with Crippen LogP contribution in [0, 0.1) is 0 Å². The molecule has 0 aromatic heterocycles. The number of ether oxygens (including phenoxy) is 2. The highest BCUT2D eigenvalue weighted by Crippen LogP contribution is 2.32. The Morgan fingerprint density at radius 2 is 1.60 bits per heavy atom. The molecule has 2 aromatic carbocycles. The van der Waals surface area contributed by atoms with E-state index in [1.54, 1.807) is 41.0 Å². The van der Waals surface area contributed by atoms with Crippen LogP contribution in [-0.4, -0.2) is 73.5 Å². The van der Waals surface area contributed by atoms with Gasteiger partial charge in [-0.25, -0.2) is 4.79 Å². The Bertz CT molecular complexity index is 1130. The summed E-state index contributed by atoms with van der Waals surface area (Å²) in [5.74, 6) is -0.919. The molecule has 10 nitrogen and oxygen atoms in total. The molecule has 2 N–H and O–H groups in total. The predicted molar refractivity (Wildman–Crippen MR) is 131 cm³/mol. The first-order valence-electron chi connectivity index (χ1n) is 11.0. The lowest BCUT2D eigenvalue weighted by molar-refractivity contribution is -0.114. The molecule has 0 bridgehead atoms. The molecule has 0 saturated carbocycles. The third-order valence-electron chi connectivity index (χ3n) is 5.34. The number of nitrogens with one attached hydrogen (secondary N) is 2. The normalized spacial score (nSPS) is 13.1. The number of carbonyl (C=O) groups excluding carboxylic acids is 4. The number of carbonyl (C=O) groups is 4. The summed E-state index contributed by atoms with van der Waals surface area (Å²) in [6.07, 6.45) is -0.399. The Morgan fingerprint density at radius 3 is 2.23 bits per heavy atom. The molecular weight excluding hydrogens is 476 g/mol. The lowest BCUT2D eigenvalue weighted by Crippen LogP contribution is -2.50. The van der Waals surface area contributed by atoms with Crippen molar-refractivity contribution in [2.75, 3.05) is 50.5 Å². The number of anilines is 2. The number of amides is 4. The number of hydrogen-bond donors (Lipinski definition) is 2. The van der Waals surface area contributed by atoms with E-state index in [0.29, 0.717) is 43.1 Å². The first kappa shape index (κ1) is 25.8. The van der Waals surface area contributed by atoms with Crippen LogP contribution >= 0.6 is 11.6 Å². The van der Waals surface area contributed by atoms with E-state index >= 15 is 0 Å². The number of methoxy groups -OCH3 is 1. The van der Waals surface area contributed by atoms with Gasteiger partial charge in [0.05, 0.1) is 41.2 Å². The number of hydrogen-bond acceptors (Lipinski definition) is 6. The quantitative estimate of drug-likeness (QED) is 0.624. The fraction of sp³-hybridized carbons (Fsp3) is 0.333. The Balaban J connectivity index is 1.77. The van der Waals surface area contributed by atoms with Crippen molar-refractivity contribution in [2.24, 2.45) is 0 Å². The van der Waals surface area contributed by atoms with Crippen LogP contribution in [0.15, 0.2) is 36.4 Å². The van der Waals surface area contributed by atoms with Gasteiger partial charge < -0.3 is 29.9 Å². The molecule has 3 rings (SSSR count). The van der Waals surface area contributed by atoms with E-state index in [0.717, 1.165) is 0 Å². The third-order valence-corrected chi connectivity index (χ3v) is 5.66. The van der Waals surface area contributed by atoms with Gasteiger partial charge in [0, 0.05) is 39.2 Å². The lowest BCUT2D eigenvalue weighted by atomic mass is 10.1. The summed E-state index contributed by atoms with van der Waals surface area (Å²) in [6, 6.07) is 9.50. The van der Waals surface area contributed by atoms with Crippen molar-refractivity contribution in [2.45, 2.75) is 13.8 Å². The SMILES string of the molecule is CCOC(=O)N1CCN(C(=O)c2ccccc2NC(=O)c2cc(Cl)c(NC(C)=O)cc2OC)CC1. The molecule has 1 fully saturated rings. The van der Waals surface area contributed by atoms with Crippen LogP contribution in [0.5, 0.6) is 5.75 Å². The van der Waals surface area contributed by atoms with Crippen molar-refractivity contribution in [3.8, 4) is 5.75 Å². The zero-order valence-electron chi connectivity index (χ0n) is 19.7. The number of rotatable bonds is 6. The van der Waals surface area contributed by atoms with Crippen molar-refractivity contribution in [3.63, 3.8) is 0 Å². The van der Waals surface area contributed by atoms with Gasteiger partial charge in [0.15, 0.2) is 0 Å². The standard InChI is InChI=1S/C24H27ClN4O6/c1-4-35-24(33)29-11-9-28(10-12-29)23(32)16-7-5-6-8-19(16)27-22(31)17-13-18(25)20(26-15(2)30)14-21(17)34-3/h5-8,13-14H,4,9-12H2,1-3H3,(H,26,30)(H,27,31). The van der Waals surface area contributed by atoms with Crippen LogP contribution in [0.25, 0.3) is 0 Å². The highest BCUT2D eigenvalue weighted by molar-refractivity contribution is 6.34. The molecule has 0 radical (unpaired) electrons. The molecule has 0 unspecified atom stereocenters. The fourth-order valence-electron chi connectivity index (χ4n) is 3.63. The number of halogens is 1. The second-order valence-corrected chi connectivity index (χ2v) is 8.10. The van der Waals surface area contributed by atoms with Gasteiger partial charge in [-0.2, -0.15) is 0 Å². The first-order valence-corrected chi connectivity index (χ1v) is 11.4. The van der Waals surface area contributed by atoms with E-state index < -0.39 is 12.0 Å². The monoisotopic (exact) mass is 502 g/mol. The van der Waals surface area contributed by atoms with Gasteiger partial charge in [0.2, 0.25) is 5.91 Å². The van der Waals surface area contributed by atoms with Crippen molar-refractivity contribution < 1.29 is 28.7 Å². The Hall–Kier alpha value is -3.79. The summed E-state index contributed by atoms with van der Waals surface area (Å²) in [7, 11) is 1.39. The highest BCUT2D eigenvalue weighted by Gasteiger charge is 2.27. The highest BCUT2D eigenvalue weighted by atomic mass is 35.5. The maximum atomic E-state index is 13.2. The molecule has 11 heteroatoms. The Labute approximate surface area is 208 Å². The van der Waals surface area contributed by atoms with Crippen molar-refractivity contribution in [1.29, 1.82) is 0 Å². The predicted octanol–water partition coefficient (Wildman–Crippen LogP) is 3.47. The van der Waals surface area contributed by atoms with Crippen molar-refractivity contribution in [1.82, 2.24) is 9.80 Å². The summed E-state index contributed by atoms with van der Waals surface area (Å²) >= 11 is 6.24. The number of para-hydroxylation sites is 1. The zero-order valence-corrected chi connectivity index (χ0v) is 20.5. The van der Waals surface area contributed by atoms with Gasteiger partial charge in [0.25, 0.3) is 11.8 Å². The summed E-state index contributed by atoms with van der Waals surface area (Å²) in [5.41, 5.74) is 1.08. The van der Waals surface area contributed by atoms with E-state index in [2.05, 4.69) is 10.6 Å². The minimum absolute atomic E-state index is 0.136. The molecule has 0 atom stereocenters. The second kappa shape index (κ2) is 11.6. The first-order chi connectivity index (χ1) is 16.7. The van der Waals surface area contributed by atoms with Crippen LogP contribution in [0.1, 0.15) is 34.6 Å². The lowest BCUT2D eigenvalue weighted by Gasteiger charge is -2.34. The summed E-state index contributed by atoms with van der Waals surface area (Å²) in [6.45, 7) is 4.77. The fourth-order valence-corrected chi connectivity index (χ4v) is 3.84. The van der Waals surface area contributed by atoms with Crippen molar-refractivity contribution in [3.05, 3.63) is 52.5 Å². The summed E-state index contributed by atoms with van der Waals surface area (Å²) < 4.78 is 10.3. The molecule has 1 heterocycles. The number of piperazine rings is 1. The molecule has 2 aromatic rings. The number of nitrogens with zero attached hydrogens (tertiary/aromatic N) is 2. The van der Waals surface area contributed by atoms with E-state index in [9.17, 15) is 19.2 Å². The summed E-state index contributed by atoms with van der Waals surface area (Å²) in [4.78, 5) is 52.8. The molecule has 0 spiro atoms. The van der Waals surface area contributed by atoms with Crippen LogP contribution < -0.4 is 15.4 Å². The molecule has 0 aliphatic carbocycles. The average Bonchev–Trinajstić information content (AvgIpc) is 2.85. The van der Waals surface area contributed by atoms with Gasteiger partial charge in [-0.05, 0) is 25.1 Å².